The zero-order valence-electron chi connectivity index (χ0n) is 2.97. The lowest BCUT2D eigenvalue weighted by Crippen LogP contribution is -1.83. The van der Waals surface area contributed by atoms with E-state index in [4.69, 9.17) is 5.53 Å². The van der Waals surface area contributed by atoms with Gasteiger partial charge in [-0.3, -0.25) is 0 Å². The van der Waals surface area contributed by atoms with Gasteiger partial charge in [0.05, 0.1) is 0 Å². The molecule has 0 bridgehead atoms. The van der Waals surface area contributed by atoms with E-state index in [1.54, 1.807) is 0 Å². The molecule has 7 heteroatoms. The van der Waals surface area contributed by atoms with E-state index in [0.29, 0.717) is 0 Å². The van der Waals surface area contributed by atoms with Crippen LogP contribution in [0.2, 0.25) is 0 Å². The van der Waals surface area contributed by atoms with Crippen LogP contribution in [0.3, 0.4) is 0 Å². The van der Waals surface area contributed by atoms with Crippen molar-refractivity contribution in [3.05, 3.63) is 10.4 Å². The van der Waals surface area contributed by atoms with E-state index in [-0.39, 0.29) is 0 Å². The van der Waals surface area contributed by atoms with E-state index in [2.05, 4.69) is 9.56 Å². The van der Waals surface area contributed by atoms with Crippen molar-refractivity contribution in [2.75, 3.05) is 0 Å². The first-order valence-corrected chi connectivity index (χ1v) is 2.08. The second-order valence-corrected chi connectivity index (χ2v) is 1.01. The lowest BCUT2D eigenvalue weighted by Gasteiger charge is -1.94. The molecule has 1 unspecified atom stereocenters. The van der Waals surface area contributed by atoms with Crippen LogP contribution in [0.15, 0.2) is 5.28 Å². The molecule has 6 nitrogen and oxygen atoms in total. The summed E-state index contributed by atoms with van der Waals surface area (Å²) in [6, 6.07) is 0. The van der Waals surface area contributed by atoms with E-state index in [1.165, 1.54) is 0 Å². The molecule has 0 saturated carbocycles. The standard InChI is InChI=1S/HN3O3S/c1-2-3-6-7(4)5/h(H,4,5)/p-1. The fraction of sp³-hybridized carbons (Fsp3) is 0. The summed E-state index contributed by atoms with van der Waals surface area (Å²) in [6.07, 6.45) is 0. The minimum Gasteiger partial charge on any atom is -0.739 e. The Labute approximate surface area is 41.2 Å². The topological polar surface area (TPSA) is 98.1 Å². The molecule has 1 atom stereocenters. The summed E-state index contributed by atoms with van der Waals surface area (Å²) in [5.74, 6) is 0. The van der Waals surface area contributed by atoms with Crippen LogP contribution in [0.1, 0.15) is 0 Å². The highest BCUT2D eigenvalue weighted by Gasteiger charge is 1.68. The molecule has 0 aromatic rings. The molecule has 0 spiro atoms. The molecule has 0 rings (SSSR count). The molecule has 0 N–H and O–H groups in total. The lowest BCUT2D eigenvalue weighted by atomic mass is 12.9. The van der Waals surface area contributed by atoms with Crippen LogP contribution in [0, 0.1) is 0 Å². The summed E-state index contributed by atoms with van der Waals surface area (Å²) in [4.78, 5) is 1.99. The van der Waals surface area contributed by atoms with Gasteiger partial charge in [-0.05, 0) is 5.53 Å². The zero-order chi connectivity index (χ0) is 5.70. The highest BCUT2D eigenvalue weighted by molar-refractivity contribution is 7.74. The van der Waals surface area contributed by atoms with Gasteiger partial charge >= 0.3 is 0 Å². The Morgan fingerprint density at radius 3 is 2.71 bits per heavy atom. The quantitative estimate of drug-likeness (QED) is 0.170. The Kier molecular flexibility index (Phi) is 3.03. The van der Waals surface area contributed by atoms with Crippen molar-refractivity contribution in [2.24, 2.45) is 5.28 Å². The zero-order valence-corrected chi connectivity index (χ0v) is 3.79. The SMILES string of the molecule is [N-]=[N+]=NOS(=O)[O-]. The second kappa shape index (κ2) is 3.41. The van der Waals surface area contributed by atoms with Gasteiger partial charge in [-0.1, -0.05) is 0 Å². The number of azide groups is 1. The van der Waals surface area contributed by atoms with Gasteiger partial charge in [-0.2, -0.15) is 0 Å². The van der Waals surface area contributed by atoms with Crippen LogP contribution in [0.5, 0.6) is 0 Å². The van der Waals surface area contributed by atoms with Gasteiger partial charge < -0.3 is 8.84 Å². The van der Waals surface area contributed by atoms with Crippen LogP contribution in [-0.4, -0.2) is 8.76 Å². The second-order valence-electron chi connectivity index (χ2n) is 0.450. The largest absolute Gasteiger partial charge is 0.739 e. The highest BCUT2D eigenvalue weighted by Crippen LogP contribution is 1.77. The summed E-state index contributed by atoms with van der Waals surface area (Å²) in [7, 11) is 0. The molecule has 0 fully saturated rings. The average molecular weight is 122 g/mol. The Bertz CT molecular complexity index is 113. The lowest BCUT2D eigenvalue weighted by molar-refractivity contribution is 0.312. The van der Waals surface area contributed by atoms with Crippen molar-refractivity contribution in [3.63, 3.8) is 0 Å². The molecule has 0 amide bonds. The van der Waals surface area contributed by atoms with Gasteiger partial charge in [0, 0.05) is 4.91 Å². The average Bonchev–Trinajstić information content (AvgIpc) is 1.61. The van der Waals surface area contributed by atoms with Crippen molar-refractivity contribution in [2.45, 2.75) is 0 Å². The molecular weight excluding hydrogens is 122 g/mol. The molecule has 0 radical (unpaired) electrons. The number of nitrogens with zero attached hydrogens (tertiary/aromatic N) is 3. The third-order valence-corrected chi connectivity index (χ3v) is 0.319. The van der Waals surface area contributed by atoms with E-state index >= 15 is 0 Å². The summed E-state index contributed by atoms with van der Waals surface area (Å²) >= 11 is -2.74. The number of hydrogen-bond donors (Lipinski definition) is 0. The van der Waals surface area contributed by atoms with E-state index < -0.39 is 11.4 Å². The van der Waals surface area contributed by atoms with Gasteiger partial charge in [0.25, 0.3) is 0 Å². The Hall–Kier alpha value is -0.780. The minimum absolute atomic E-state index is 1.99. The first-order valence-electron chi connectivity index (χ1n) is 1.08. The van der Waals surface area contributed by atoms with Gasteiger partial charge in [-0.25, -0.2) is 4.21 Å². The van der Waals surface area contributed by atoms with Crippen LogP contribution in [-0.2, 0) is 15.6 Å². The molecule has 0 aromatic carbocycles. The maximum absolute atomic E-state index is 9.27. The fourth-order valence-electron chi connectivity index (χ4n) is 0.0421. The predicted molar refractivity (Wildman–Crippen MR) is 19.2 cm³/mol. The molecule has 0 aliphatic carbocycles. The molecule has 7 heavy (non-hydrogen) atoms. The first-order chi connectivity index (χ1) is 3.27. The molecule has 0 saturated heterocycles. The van der Waals surface area contributed by atoms with Crippen LogP contribution in [0.25, 0.3) is 10.4 Å². The highest BCUT2D eigenvalue weighted by atomic mass is 32.2. The van der Waals surface area contributed by atoms with Gasteiger partial charge in [-0.15, -0.1) is 0 Å². The molecule has 0 aromatic heterocycles. The molecule has 0 aliphatic rings. The summed E-state index contributed by atoms with van der Waals surface area (Å²) in [5.41, 5.74) is 7.38. The van der Waals surface area contributed by atoms with Crippen molar-refractivity contribution >= 4 is 11.4 Å². The van der Waals surface area contributed by atoms with Crippen molar-refractivity contribution in [1.29, 1.82) is 0 Å². The monoisotopic (exact) mass is 122 g/mol. The van der Waals surface area contributed by atoms with Gasteiger partial charge in [0.2, 0.25) is 0 Å². The summed E-state index contributed by atoms with van der Waals surface area (Å²) in [5, 5.41) is 2.24. The van der Waals surface area contributed by atoms with Crippen LogP contribution < -0.4 is 0 Å². The van der Waals surface area contributed by atoms with Crippen molar-refractivity contribution < 1.29 is 13.0 Å². The maximum Gasteiger partial charge on any atom is 0.148 e. The Morgan fingerprint density at radius 1 is 2.00 bits per heavy atom. The number of rotatable bonds is 2. The third kappa shape index (κ3) is 5.22. The van der Waals surface area contributed by atoms with Crippen molar-refractivity contribution in [1.82, 2.24) is 0 Å². The fourth-order valence-corrected chi connectivity index (χ4v) is 0.126. The summed E-state index contributed by atoms with van der Waals surface area (Å²) in [6.45, 7) is 0. The molecular formula is N3O3S-. The Balaban J connectivity index is 3.32. The molecule has 0 heterocycles. The molecule has 0 aliphatic heterocycles. The predicted octanol–water partition coefficient (Wildman–Crippen LogP) is 0.0224. The van der Waals surface area contributed by atoms with E-state index in [9.17, 15) is 8.76 Å². The maximum atomic E-state index is 9.27. The Morgan fingerprint density at radius 2 is 2.57 bits per heavy atom. The number of hydrogen-bond acceptors (Lipinski definition) is 4. The normalized spacial score (nSPS) is 11.6. The van der Waals surface area contributed by atoms with Gasteiger partial charge in [0.1, 0.15) is 16.6 Å². The van der Waals surface area contributed by atoms with Gasteiger partial charge in [0.15, 0.2) is 0 Å². The van der Waals surface area contributed by atoms with Crippen LogP contribution >= 0.6 is 0 Å². The third-order valence-electron chi connectivity index (χ3n) is 0.131. The first kappa shape index (κ1) is 6.22. The minimum atomic E-state index is -2.74. The van der Waals surface area contributed by atoms with E-state index in [0.717, 1.165) is 0 Å². The summed E-state index contributed by atoms with van der Waals surface area (Å²) < 4.78 is 21.9. The van der Waals surface area contributed by atoms with Crippen LogP contribution in [0.4, 0.5) is 0 Å². The van der Waals surface area contributed by atoms with E-state index in [1.807, 2.05) is 4.91 Å². The smallest absolute Gasteiger partial charge is 0.148 e. The molecule has 40 valence electrons. The van der Waals surface area contributed by atoms with Crippen molar-refractivity contribution in [3.8, 4) is 0 Å².